The molecule has 0 aliphatic carbocycles. The predicted molar refractivity (Wildman–Crippen MR) is 55.0 cm³/mol. The summed E-state index contributed by atoms with van der Waals surface area (Å²) in [4.78, 5) is 10.3. The van der Waals surface area contributed by atoms with E-state index in [0.717, 1.165) is 17.7 Å². The van der Waals surface area contributed by atoms with Crippen molar-refractivity contribution in [1.29, 1.82) is 0 Å². The van der Waals surface area contributed by atoms with E-state index in [0.29, 0.717) is 10.9 Å². The van der Waals surface area contributed by atoms with Gasteiger partial charge < -0.3 is 5.11 Å². The number of carbonyl (C=O) groups is 1. The van der Waals surface area contributed by atoms with E-state index in [1.54, 1.807) is 0 Å². The summed E-state index contributed by atoms with van der Waals surface area (Å²) in [6, 6.07) is 3.78. The molecule has 0 fully saturated rings. The van der Waals surface area contributed by atoms with Crippen LogP contribution in [0.4, 0.5) is 8.78 Å². The van der Waals surface area contributed by atoms with E-state index in [1.807, 2.05) is 6.92 Å². The number of carboxylic acid groups (broad SMARTS) is 1. The van der Waals surface area contributed by atoms with E-state index in [-0.39, 0.29) is 0 Å². The normalized spacial score (nSPS) is 11.5. The minimum absolute atomic E-state index is 0.503. The molecule has 0 atom stereocenters. The molecule has 0 aromatic heterocycles. The van der Waals surface area contributed by atoms with Crippen molar-refractivity contribution in [3.05, 3.63) is 33.8 Å². The molecule has 0 heterocycles. The largest absolute Gasteiger partial charge is 0.477 e. The van der Waals surface area contributed by atoms with Crippen LogP contribution in [0.25, 0.3) is 0 Å². The summed E-state index contributed by atoms with van der Waals surface area (Å²) in [7, 11) is 0. The summed E-state index contributed by atoms with van der Waals surface area (Å²) in [6.45, 7) is 1.88. The van der Waals surface area contributed by atoms with Crippen molar-refractivity contribution in [2.75, 3.05) is 0 Å². The number of hydrogen-bond acceptors (Lipinski definition) is 1. The highest BCUT2D eigenvalue weighted by Gasteiger charge is 2.41. The second kappa shape index (κ2) is 4.26. The molecule has 0 radical (unpaired) electrons. The number of aliphatic carboxylic acids is 1. The highest BCUT2D eigenvalue weighted by Crippen LogP contribution is 2.31. The summed E-state index contributed by atoms with van der Waals surface area (Å²) in [5.41, 5.74) is 0.346. The number of halogens is 3. The standard InChI is InChI=1S/C10H9BrF2O2/c1-2-6-3-4-7(5-8(6)11)10(12,13)9(14)15/h3-5H,2H2,1H3,(H,14,15). The zero-order valence-electron chi connectivity index (χ0n) is 7.93. The molecule has 0 unspecified atom stereocenters. The number of carboxylic acids is 1. The predicted octanol–water partition coefficient (Wildman–Crippen LogP) is 3.19. The van der Waals surface area contributed by atoms with E-state index in [9.17, 15) is 13.6 Å². The van der Waals surface area contributed by atoms with E-state index in [2.05, 4.69) is 15.9 Å². The van der Waals surface area contributed by atoms with Crippen molar-refractivity contribution in [2.45, 2.75) is 19.3 Å². The van der Waals surface area contributed by atoms with Gasteiger partial charge in [0.15, 0.2) is 0 Å². The fourth-order valence-electron chi connectivity index (χ4n) is 1.15. The molecule has 15 heavy (non-hydrogen) atoms. The fraction of sp³-hybridized carbons (Fsp3) is 0.300. The smallest absolute Gasteiger partial charge is 0.379 e. The van der Waals surface area contributed by atoms with Gasteiger partial charge in [-0.25, -0.2) is 4.79 Å². The Morgan fingerprint density at radius 2 is 2.13 bits per heavy atom. The lowest BCUT2D eigenvalue weighted by molar-refractivity contribution is -0.166. The van der Waals surface area contributed by atoms with Gasteiger partial charge in [0.1, 0.15) is 0 Å². The molecule has 0 saturated heterocycles. The van der Waals surface area contributed by atoms with Crippen LogP contribution in [0.3, 0.4) is 0 Å². The number of aryl methyl sites for hydroxylation is 1. The molecule has 5 heteroatoms. The zero-order chi connectivity index (χ0) is 11.6. The molecule has 0 amide bonds. The topological polar surface area (TPSA) is 37.3 Å². The Balaban J connectivity index is 3.18. The lowest BCUT2D eigenvalue weighted by Gasteiger charge is -2.12. The molecule has 82 valence electrons. The molecule has 0 aliphatic heterocycles. The van der Waals surface area contributed by atoms with Crippen LogP contribution < -0.4 is 0 Å². The monoisotopic (exact) mass is 278 g/mol. The summed E-state index contributed by atoms with van der Waals surface area (Å²) in [5, 5.41) is 8.35. The molecular formula is C10H9BrF2O2. The quantitative estimate of drug-likeness (QED) is 0.922. The van der Waals surface area contributed by atoms with E-state index in [1.165, 1.54) is 6.07 Å². The van der Waals surface area contributed by atoms with Gasteiger partial charge in [0.25, 0.3) is 0 Å². The Hall–Kier alpha value is -0.970. The number of alkyl halides is 2. The van der Waals surface area contributed by atoms with Crippen LogP contribution in [0.1, 0.15) is 18.1 Å². The SMILES string of the molecule is CCc1ccc(C(F)(F)C(=O)O)cc1Br. The van der Waals surface area contributed by atoms with Gasteiger partial charge in [0.2, 0.25) is 0 Å². The Bertz CT molecular complexity index is 391. The molecule has 0 aliphatic rings. The minimum Gasteiger partial charge on any atom is -0.477 e. The molecule has 0 bridgehead atoms. The molecule has 1 N–H and O–H groups in total. The Morgan fingerprint density at radius 1 is 1.53 bits per heavy atom. The third kappa shape index (κ3) is 2.34. The van der Waals surface area contributed by atoms with Gasteiger partial charge >= 0.3 is 11.9 Å². The van der Waals surface area contributed by atoms with Crippen molar-refractivity contribution in [3.8, 4) is 0 Å². The van der Waals surface area contributed by atoms with E-state index >= 15 is 0 Å². The van der Waals surface area contributed by atoms with Crippen LogP contribution >= 0.6 is 15.9 Å². The lowest BCUT2D eigenvalue weighted by atomic mass is 10.1. The van der Waals surface area contributed by atoms with Gasteiger partial charge in [-0.2, -0.15) is 8.78 Å². The molecular weight excluding hydrogens is 270 g/mol. The van der Waals surface area contributed by atoms with Crippen molar-refractivity contribution < 1.29 is 18.7 Å². The number of benzene rings is 1. The summed E-state index contributed by atoms with van der Waals surface area (Å²) in [5.74, 6) is -5.98. The van der Waals surface area contributed by atoms with Gasteiger partial charge in [0, 0.05) is 10.0 Å². The van der Waals surface area contributed by atoms with Crippen molar-refractivity contribution >= 4 is 21.9 Å². The van der Waals surface area contributed by atoms with Crippen LogP contribution in [-0.2, 0) is 17.1 Å². The third-order valence-corrected chi connectivity index (χ3v) is 2.80. The maximum absolute atomic E-state index is 13.1. The van der Waals surface area contributed by atoms with Crippen molar-refractivity contribution in [1.82, 2.24) is 0 Å². The first-order valence-corrected chi connectivity index (χ1v) is 5.09. The Morgan fingerprint density at radius 3 is 2.53 bits per heavy atom. The van der Waals surface area contributed by atoms with Gasteiger partial charge in [-0.15, -0.1) is 0 Å². The average molecular weight is 279 g/mol. The maximum Gasteiger partial charge on any atom is 0.379 e. The lowest BCUT2D eigenvalue weighted by Crippen LogP contribution is -2.25. The Labute approximate surface area is 94.0 Å². The summed E-state index contributed by atoms with van der Waals surface area (Å²) >= 11 is 3.12. The van der Waals surface area contributed by atoms with Crippen molar-refractivity contribution in [3.63, 3.8) is 0 Å². The Kier molecular flexibility index (Phi) is 3.44. The third-order valence-electron chi connectivity index (χ3n) is 2.07. The first kappa shape index (κ1) is 12.1. The average Bonchev–Trinajstić information content (AvgIpc) is 2.17. The number of hydrogen-bond donors (Lipinski definition) is 1. The van der Waals surface area contributed by atoms with Crippen LogP contribution in [0.2, 0.25) is 0 Å². The van der Waals surface area contributed by atoms with Crippen LogP contribution in [0, 0.1) is 0 Å². The highest BCUT2D eigenvalue weighted by molar-refractivity contribution is 9.10. The molecule has 1 aromatic rings. The van der Waals surface area contributed by atoms with Gasteiger partial charge in [-0.1, -0.05) is 35.0 Å². The molecule has 0 saturated carbocycles. The van der Waals surface area contributed by atoms with Gasteiger partial charge in [-0.3, -0.25) is 0 Å². The van der Waals surface area contributed by atoms with Crippen LogP contribution in [-0.4, -0.2) is 11.1 Å². The molecule has 1 rings (SSSR count). The summed E-state index contributed by atoms with van der Waals surface area (Å²) in [6.07, 6.45) is 0.694. The van der Waals surface area contributed by atoms with E-state index in [4.69, 9.17) is 5.11 Å². The van der Waals surface area contributed by atoms with Crippen LogP contribution in [0.15, 0.2) is 22.7 Å². The first-order chi connectivity index (χ1) is 6.89. The maximum atomic E-state index is 13.1. The van der Waals surface area contributed by atoms with E-state index < -0.39 is 17.5 Å². The molecule has 0 spiro atoms. The zero-order valence-corrected chi connectivity index (χ0v) is 9.51. The highest BCUT2D eigenvalue weighted by atomic mass is 79.9. The van der Waals surface area contributed by atoms with Gasteiger partial charge in [0.05, 0.1) is 0 Å². The molecule has 1 aromatic carbocycles. The van der Waals surface area contributed by atoms with Crippen LogP contribution in [0.5, 0.6) is 0 Å². The van der Waals surface area contributed by atoms with Gasteiger partial charge in [-0.05, 0) is 18.1 Å². The minimum atomic E-state index is -3.84. The number of rotatable bonds is 3. The second-order valence-electron chi connectivity index (χ2n) is 3.04. The second-order valence-corrected chi connectivity index (χ2v) is 3.89. The first-order valence-electron chi connectivity index (χ1n) is 4.29. The fourth-order valence-corrected chi connectivity index (χ4v) is 1.81. The molecule has 2 nitrogen and oxygen atoms in total. The van der Waals surface area contributed by atoms with Crippen molar-refractivity contribution in [2.24, 2.45) is 0 Å². The summed E-state index contributed by atoms with van der Waals surface area (Å²) < 4.78 is 26.7.